The van der Waals surface area contributed by atoms with Gasteiger partial charge < -0.3 is 5.32 Å². The van der Waals surface area contributed by atoms with Gasteiger partial charge in [0.25, 0.3) is 0 Å². The smallest absolute Gasteiger partial charge is 0.129 e. The monoisotopic (exact) mass is 358 g/mol. The molecule has 0 atom stereocenters. The van der Waals surface area contributed by atoms with Gasteiger partial charge in [0.15, 0.2) is 0 Å². The maximum Gasteiger partial charge on any atom is 0.129 e. The molecule has 0 spiro atoms. The van der Waals surface area contributed by atoms with Crippen LogP contribution in [0, 0.1) is 5.82 Å². The second kappa shape index (κ2) is 8.23. The lowest BCUT2D eigenvalue weighted by Gasteiger charge is -2.04. The Morgan fingerprint density at radius 2 is 1.88 bits per heavy atom. The van der Waals surface area contributed by atoms with Crippen molar-refractivity contribution in [3.63, 3.8) is 0 Å². The van der Waals surface area contributed by atoms with Gasteiger partial charge in [0.05, 0.1) is 6.54 Å². The molecule has 0 aliphatic rings. The van der Waals surface area contributed by atoms with Crippen molar-refractivity contribution in [2.45, 2.75) is 26.4 Å². The highest BCUT2D eigenvalue weighted by Gasteiger charge is 2.15. The van der Waals surface area contributed by atoms with Gasteiger partial charge in [-0.25, -0.2) is 4.39 Å². The van der Waals surface area contributed by atoms with Crippen LogP contribution in [0.2, 0.25) is 5.02 Å². The van der Waals surface area contributed by atoms with E-state index in [0.717, 1.165) is 29.9 Å². The summed E-state index contributed by atoms with van der Waals surface area (Å²) < 4.78 is 14.0. The topological polar surface area (TPSA) is 42.7 Å². The first-order valence-electron chi connectivity index (χ1n) is 8.32. The molecule has 0 amide bonds. The minimum Gasteiger partial charge on any atom is -0.311 e. The lowest BCUT2D eigenvalue weighted by atomic mass is 10.1. The maximum atomic E-state index is 14.0. The second-order valence-electron chi connectivity index (χ2n) is 5.77. The Kier molecular flexibility index (Phi) is 5.79. The van der Waals surface area contributed by atoms with Crippen LogP contribution in [0.5, 0.6) is 0 Å². The molecule has 25 heavy (non-hydrogen) atoms. The number of hydrogen-bond donors (Lipinski definition) is 1. The fraction of sp³-hybridized carbons (Fsp3) is 0.263. The Balaban J connectivity index is 1.92. The van der Waals surface area contributed by atoms with E-state index in [4.69, 9.17) is 11.6 Å². The first kappa shape index (κ1) is 17.6. The molecule has 0 radical (unpaired) electrons. The van der Waals surface area contributed by atoms with Gasteiger partial charge in [-0.3, -0.25) is 0 Å². The summed E-state index contributed by atoms with van der Waals surface area (Å²) in [7, 11) is 0. The molecule has 1 aromatic heterocycles. The van der Waals surface area contributed by atoms with E-state index in [-0.39, 0.29) is 12.4 Å². The standard InChI is InChI=1S/C19H20ClFN4/c1-2-11-22-12-18-19(14-7-4-3-5-8-14)24-25(23-18)13-15-16(20)9-6-10-17(15)21/h3-10,22H,2,11-13H2,1H3. The van der Waals surface area contributed by atoms with E-state index < -0.39 is 0 Å². The fourth-order valence-corrected chi connectivity index (χ4v) is 2.82. The van der Waals surface area contributed by atoms with Crippen molar-refractivity contribution in [3.05, 3.63) is 70.6 Å². The first-order valence-corrected chi connectivity index (χ1v) is 8.70. The predicted molar refractivity (Wildman–Crippen MR) is 98.0 cm³/mol. The van der Waals surface area contributed by atoms with Gasteiger partial charge in [0.1, 0.15) is 17.2 Å². The van der Waals surface area contributed by atoms with E-state index in [1.807, 2.05) is 30.3 Å². The highest BCUT2D eigenvalue weighted by atomic mass is 35.5. The fourth-order valence-electron chi connectivity index (χ4n) is 2.60. The molecule has 2 aromatic carbocycles. The molecule has 0 fully saturated rings. The van der Waals surface area contributed by atoms with E-state index in [9.17, 15) is 4.39 Å². The van der Waals surface area contributed by atoms with E-state index in [0.29, 0.717) is 17.1 Å². The molecular weight excluding hydrogens is 339 g/mol. The summed E-state index contributed by atoms with van der Waals surface area (Å²) >= 11 is 6.12. The molecule has 0 aliphatic heterocycles. The van der Waals surface area contributed by atoms with Gasteiger partial charge in [-0.1, -0.05) is 54.9 Å². The van der Waals surface area contributed by atoms with Crippen molar-refractivity contribution in [1.82, 2.24) is 20.3 Å². The molecule has 0 saturated carbocycles. The zero-order chi connectivity index (χ0) is 17.6. The average molecular weight is 359 g/mol. The molecule has 0 bridgehead atoms. The van der Waals surface area contributed by atoms with Crippen LogP contribution in [0.15, 0.2) is 48.5 Å². The van der Waals surface area contributed by atoms with Gasteiger partial charge in [0, 0.05) is 22.7 Å². The average Bonchev–Trinajstić information content (AvgIpc) is 3.02. The third kappa shape index (κ3) is 4.24. The molecule has 3 rings (SSSR count). The van der Waals surface area contributed by atoms with Crippen LogP contribution in [0.4, 0.5) is 4.39 Å². The van der Waals surface area contributed by atoms with Crippen LogP contribution in [0.25, 0.3) is 11.3 Å². The van der Waals surface area contributed by atoms with Crippen LogP contribution < -0.4 is 5.32 Å². The number of hydrogen-bond acceptors (Lipinski definition) is 3. The van der Waals surface area contributed by atoms with Crippen molar-refractivity contribution in [2.75, 3.05) is 6.54 Å². The van der Waals surface area contributed by atoms with Crippen molar-refractivity contribution in [2.24, 2.45) is 0 Å². The zero-order valence-corrected chi connectivity index (χ0v) is 14.8. The lowest BCUT2D eigenvalue weighted by molar-refractivity contribution is 0.543. The van der Waals surface area contributed by atoms with E-state index in [1.54, 1.807) is 12.1 Å². The Hall–Kier alpha value is -2.24. The quantitative estimate of drug-likeness (QED) is 0.641. The molecule has 6 heteroatoms. The summed E-state index contributed by atoms with van der Waals surface area (Å²) in [5, 5.41) is 12.9. The number of nitrogens with one attached hydrogen (secondary N) is 1. The summed E-state index contributed by atoms with van der Waals surface area (Å²) in [5.74, 6) is -0.350. The summed E-state index contributed by atoms with van der Waals surface area (Å²) in [5.41, 5.74) is 3.03. The van der Waals surface area contributed by atoms with Crippen LogP contribution in [0.3, 0.4) is 0 Å². The van der Waals surface area contributed by atoms with E-state index in [2.05, 4.69) is 22.4 Å². The third-order valence-electron chi connectivity index (χ3n) is 3.85. The molecular formula is C19H20ClFN4. The SMILES string of the molecule is CCCNCc1nn(Cc2c(F)cccc2Cl)nc1-c1ccccc1. The lowest BCUT2D eigenvalue weighted by Crippen LogP contribution is -2.15. The largest absolute Gasteiger partial charge is 0.311 e. The Bertz CT molecular complexity index is 812. The number of rotatable bonds is 7. The maximum absolute atomic E-state index is 14.0. The van der Waals surface area contributed by atoms with Crippen LogP contribution in [-0.4, -0.2) is 21.5 Å². The summed E-state index contributed by atoms with van der Waals surface area (Å²) in [6.45, 7) is 3.82. The van der Waals surface area contributed by atoms with Crippen molar-refractivity contribution < 1.29 is 4.39 Å². The number of aromatic nitrogens is 3. The third-order valence-corrected chi connectivity index (χ3v) is 4.21. The zero-order valence-electron chi connectivity index (χ0n) is 14.0. The molecule has 1 N–H and O–H groups in total. The number of benzene rings is 2. The summed E-state index contributed by atoms with van der Waals surface area (Å²) in [4.78, 5) is 1.51. The van der Waals surface area contributed by atoms with Gasteiger partial charge in [0.2, 0.25) is 0 Å². The molecule has 3 aromatic rings. The molecule has 0 aliphatic carbocycles. The normalized spacial score (nSPS) is 11.0. The number of nitrogens with zero attached hydrogens (tertiary/aromatic N) is 3. The van der Waals surface area contributed by atoms with Gasteiger partial charge in [-0.15, -0.1) is 0 Å². The Morgan fingerprint density at radius 3 is 2.60 bits per heavy atom. The van der Waals surface area contributed by atoms with Crippen LogP contribution in [0.1, 0.15) is 24.6 Å². The highest BCUT2D eigenvalue weighted by Crippen LogP contribution is 2.23. The predicted octanol–water partition coefficient (Wildman–Crippen LogP) is 4.29. The second-order valence-corrected chi connectivity index (χ2v) is 6.18. The minimum atomic E-state index is -0.350. The minimum absolute atomic E-state index is 0.194. The van der Waals surface area contributed by atoms with Crippen molar-refractivity contribution >= 4 is 11.6 Å². The van der Waals surface area contributed by atoms with Gasteiger partial charge >= 0.3 is 0 Å². The molecule has 1 heterocycles. The van der Waals surface area contributed by atoms with Crippen molar-refractivity contribution in [3.8, 4) is 11.3 Å². The van der Waals surface area contributed by atoms with Crippen LogP contribution in [-0.2, 0) is 13.1 Å². The molecule has 4 nitrogen and oxygen atoms in total. The van der Waals surface area contributed by atoms with Gasteiger partial charge in [-0.05, 0) is 25.1 Å². The van der Waals surface area contributed by atoms with Crippen LogP contribution >= 0.6 is 11.6 Å². The Labute approximate surface area is 151 Å². The molecule has 0 saturated heterocycles. The van der Waals surface area contributed by atoms with Crippen molar-refractivity contribution in [1.29, 1.82) is 0 Å². The van der Waals surface area contributed by atoms with Gasteiger partial charge in [-0.2, -0.15) is 15.0 Å². The Morgan fingerprint density at radius 1 is 1.08 bits per heavy atom. The van der Waals surface area contributed by atoms with E-state index in [1.165, 1.54) is 10.9 Å². The highest BCUT2D eigenvalue weighted by molar-refractivity contribution is 6.31. The first-order chi connectivity index (χ1) is 12.2. The molecule has 0 unspecified atom stereocenters. The summed E-state index contributed by atoms with van der Waals surface area (Å²) in [6.07, 6.45) is 1.04. The van der Waals surface area contributed by atoms with E-state index >= 15 is 0 Å². The molecule has 130 valence electrons. The summed E-state index contributed by atoms with van der Waals surface area (Å²) in [6, 6.07) is 14.5. The number of halogens is 2.